The summed E-state index contributed by atoms with van der Waals surface area (Å²) in [7, 11) is 7.24. The molecule has 1 aromatic carbocycles. The maximum atomic E-state index is 13.7. The second kappa shape index (κ2) is 11.7. The van der Waals surface area contributed by atoms with Crippen molar-refractivity contribution in [1.29, 1.82) is 0 Å². The van der Waals surface area contributed by atoms with Gasteiger partial charge in [-0.15, -0.1) is 0 Å². The van der Waals surface area contributed by atoms with E-state index < -0.39 is 63.7 Å². The van der Waals surface area contributed by atoms with Gasteiger partial charge in [-0.25, -0.2) is 0 Å². The summed E-state index contributed by atoms with van der Waals surface area (Å²) in [5, 5.41) is 53.1. The molecule has 0 aromatic heterocycles. The van der Waals surface area contributed by atoms with Gasteiger partial charge in [-0.2, -0.15) is 0 Å². The molecule has 0 aliphatic heterocycles. The number of hydrogen-bond acceptors (Lipinski definition) is 11. The van der Waals surface area contributed by atoms with Gasteiger partial charge in [0.25, 0.3) is 5.91 Å². The van der Waals surface area contributed by atoms with E-state index >= 15 is 0 Å². The number of carbonyl (C=O) groups excluding carboxylic acids is 4. The number of benzene rings is 1. The van der Waals surface area contributed by atoms with Crippen LogP contribution in [0.5, 0.6) is 5.75 Å². The summed E-state index contributed by atoms with van der Waals surface area (Å²) in [6.07, 6.45) is -0.190. The summed E-state index contributed by atoms with van der Waals surface area (Å²) in [4.78, 5) is 52.4. The summed E-state index contributed by atoms with van der Waals surface area (Å²) in [5.74, 6) is -7.49. The predicted molar refractivity (Wildman–Crippen MR) is 157 cm³/mol. The van der Waals surface area contributed by atoms with Crippen LogP contribution in [0.1, 0.15) is 44.7 Å². The van der Waals surface area contributed by atoms with Gasteiger partial charge in [-0.05, 0) is 65.3 Å². The van der Waals surface area contributed by atoms with Crippen LogP contribution >= 0.6 is 0 Å². The van der Waals surface area contributed by atoms with Gasteiger partial charge in [0.15, 0.2) is 11.4 Å². The number of anilines is 2. The molecule has 13 heteroatoms. The van der Waals surface area contributed by atoms with Crippen molar-refractivity contribution in [2.45, 2.75) is 51.2 Å². The van der Waals surface area contributed by atoms with Crippen molar-refractivity contribution in [1.82, 2.24) is 10.6 Å². The maximum absolute atomic E-state index is 13.7. The Morgan fingerprint density at radius 2 is 1.71 bits per heavy atom. The van der Waals surface area contributed by atoms with E-state index in [0.29, 0.717) is 11.3 Å². The Hall–Kier alpha value is -3.94. The molecule has 4 rings (SSSR count). The fourth-order valence-electron chi connectivity index (χ4n) is 5.70. The fraction of sp³-hybridized carbons (Fsp3) is 0.517. The molecule has 230 valence electrons. The highest BCUT2D eigenvalue weighted by atomic mass is 16.3. The lowest BCUT2D eigenvalue weighted by atomic mass is 9.59. The van der Waals surface area contributed by atoms with Gasteiger partial charge < -0.3 is 47.0 Å². The van der Waals surface area contributed by atoms with E-state index in [9.17, 15) is 39.6 Å². The van der Waals surface area contributed by atoms with Crippen molar-refractivity contribution in [2.75, 3.05) is 45.0 Å². The molecule has 1 aromatic rings. The highest BCUT2D eigenvalue weighted by molar-refractivity contribution is 6.22. The Morgan fingerprint density at radius 3 is 2.24 bits per heavy atom. The summed E-state index contributed by atoms with van der Waals surface area (Å²) in [6, 6.07) is 1.57. The molecule has 1 saturated carbocycles. The molecule has 0 spiro atoms. The number of aromatic hydroxyl groups is 1. The standard InChI is InChI=1S/C27H34N4O8.C2H7N/c1-26(2,3)29-10-17(33)30-14-9-15(31(4)5)13-7-11-6-12-8-16(32)20(25(28)38)24(37)27(12,39)23(36)18(11)22(35)19(13)21(14)34;1-3-2/h9,11-12,29,34-35,37,39H,6-8,10H2,1-5H3,(H2,28,38)(H,30,33);3H,1-2H3/t11?,12-,27-;/m0./s1. The molecule has 9 N–H and O–H groups in total. The maximum Gasteiger partial charge on any atom is 0.255 e. The molecule has 0 heterocycles. The second-order valence-electron chi connectivity index (χ2n) is 12.1. The number of amides is 2. The molecule has 0 bridgehead atoms. The SMILES string of the molecule is CN(C)c1cc(NC(=O)CNC(C)(C)C)c(O)c2c1CC1C[C@H]3CC(=O)C(C(N)=O)=C(O)[C@@]3(O)C(=O)C1=C2O.CNC. The van der Waals surface area contributed by atoms with E-state index in [1.165, 1.54) is 0 Å². The Labute approximate surface area is 244 Å². The Morgan fingerprint density at radius 1 is 1.12 bits per heavy atom. The minimum absolute atomic E-state index is 0.00521. The van der Waals surface area contributed by atoms with Crippen molar-refractivity contribution in [2.24, 2.45) is 17.6 Å². The molecular weight excluding hydrogens is 546 g/mol. The summed E-state index contributed by atoms with van der Waals surface area (Å²) in [6.45, 7) is 5.62. The van der Waals surface area contributed by atoms with E-state index in [1.54, 1.807) is 25.1 Å². The number of aliphatic hydroxyl groups excluding tert-OH is 2. The molecule has 1 fully saturated rings. The zero-order valence-electron chi connectivity index (χ0n) is 25.0. The van der Waals surface area contributed by atoms with Crippen LogP contribution in [0.2, 0.25) is 0 Å². The van der Waals surface area contributed by atoms with Gasteiger partial charge in [0.1, 0.15) is 22.8 Å². The first-order chi connectivity index (χ1) is 19.4. The number of fused-ring (bicyclic) bond motifs is 3. The predicted octanol–water partition coefficient (Wildman–Crippen LogP) is 0.652. The molecular formula is C29H41N5O8. The molecule has 1 unspecified atom stereocenters. The van der Waals surface area contributed by atoms with Gasteiger partial charge >= 0.3 is 0 Å². The number of ketones is 2. The average Bonchev–Trinajstić information content (AvgIpc) is 2.86. The summed E-state index contributed by atoms with van der Waals surface area (Å²) in [5.41, 5.74) is 2.15. The second-order valence-corrected chi connectivity index (χ2v) is 12.1. The largest absolute Gasteiger partial charge is 0.508 e. The third-order valence-electron chi connectivity index (χ3n) is 7.58. The monoisotopic (exact) mass is 587 g/mol. The van der Waals surface area contributed by atoms with Gasteiger partial charge in [0.05, 0.1) is 17.8 Å². The van der Waals surface area contributed by atoms with Crippen LogP contribution in [-0.4, -0.2) is 89.7 Å². The van der Waals surface area contributed by atoms with Crippen molar-refractivity contribution >= 4 is 40.5 Å². The quantitative estimate of drug-likeness (QED) is 0.177. The zero-order valence-corrected chi connectivity index (χ0v) is 25.0. The van der Waals surface area contributed by atoms with Crippen LogP contribution in [0.15, 0.2) is 23.0 Å². The Balaban J connectivity index is 0.00000155. The number of nitrogens with one attached hydrogen (secondary N) is 3. The lowest BCUT2D eigenvalue weighted by molar-refractivity contribution is -0.147. The highest BCUT2D eigenvalue weighted by Gasteiger charge is 2.60. The van der Waals surface area contributed by atoms with Crippen LogP contribution in [0, 0.1) is 11.8 Å². The van der Waals surface area contributed by atoms with E-state index in [-0.39, 0.29) is 48.2 Å². The topological polar surface area (TPSA) is 215 Å². The van der Waals surface area contributed by atoms with Crippen LogP contribution in [0.25, 0.3) is 5.76 Å². The van der Waals surface area contributed by atoms with Gasteiger partial charge in [0.2, 0.25) is 11.7 Å². The molecule has 3 aliphatic rings. The molecule has 2 amide bonds. The molecule has 13 nitrogen and oxygen atoms in total. The molecule has 0 saturated heterocycles. The molecule has 3 aliphatic carbocycles. The van der Waals surface area contributed by atoms with Crippen LogP contribution in [0.4, 0.5) is 11.4 Å². The number of nitrogens with two attached hydrogens (primary N) is 1. The van der Waals surface area contributed by atoms with Crippen molar-refractivity contribution in [3.63, 3.8) is 0 Å². The summed E-state index contributed by atoms with van der Waals surface area (Å²) >= 11 is 0. The van der Waals surface area contributed by atoms with E-state index in [2.05, 4.69) is 16.0 Å². The number of phenols is 1. The number of carbonyl (C=O) groups is 4. The number of phenolic OH excluding ortho intramolecular Hbond substituents is 1. The van der Waals surface area contributed by atoms with Crippen molar-refractivity contribution in [3.8, 4) is 5.75 Å². The number of Topliss-reactive ketones (excluding diaryl/α,β-unsaturated/α-hetero) is 2. The first kappa shape index (κ1) is 32.6. The van der Waals surface area contributed by atoms with Crippen molar-refractivity contribution in [3.05, 3.63) is 34.1 Å². The lowest BCUT2D eigenvalue weighted by Crippen LogP contribution is -2.58. The number of aliphatic hydroxyl groups is 3. The van der Waals surface area contributed by atoms with Gasteiger partial charge in [0, 0.05) is 43.2 Å². The molecule has 0 radical (unpaired) electrons. The Bertz CT molecular complexity index is 1390. The lowest BCUT2D eigenvalue weighted by Gasteiger charge is -2.46. The minimum atomic E-state index is -2.64. The van der Waals surface area contributed by atoms with Gasteiger partial charge in [-0.1, -0.05) is 0 Å². The zero-order chi connectivity index (χ0) is 31.9. The van der Waals surface area contributed by atoms with Crippen molar-refractivity contribution < 1.29 is 39.6 Å². The van der Waals surface area contributed by atoms with E-state index in [4.69, 9.17) is 5.73 Å². The number of rotatable bonds is 5. The Kier molecular flexibility index (Phi) is 9.11. The third-order valence-corrected chi connectivity index (χ3v) is 7.58. The molecule has 3 atom stereocenters. The van der Waals surface area contributed by atoms with Gasteiger partial charge in [-0.3, -0.25) is 19.2 Å². The number of nitrogens with zero attached hydrogens (tertiary/aromatic N) is 1. The molecule has 42 heavy (non-hydrogen) atoms. The smallest absolute Gasteiger partial charge is 0.255 e. The first-order valence-electron chi connectivity index (χ1n) is 13.6. The third kappa shape index (κ3) is 5.72. The van der Waals surface area contributed by atoms with Crippen LogP contribution in [-0.2, 0) is 25.6 Å². The first-order valence-corrected chi connectivity index (χ1v) is 13.6. The van der Waals surface area contributed by atoms with E-state index in [1.807, 2.05) is 34.9 Å². The minimum Gasteiger partial charge on any atom is -0.508 e. The number of primary amides is 1. The fourth-order valence-corrected chi connectivity index (χ4v) is 5.70. The summed E-state index contributed by atoms with van der Waals surface area (Å²) < 4.78 is 0. The van der Waals surface area contributed by atoms with Crippen LogP contribution in [0.3, 0.4) is 0 Å². The highest BCUT2D eigenvalue weighted by Crippen LogP contribution is 2.54. The average molecular weight is 588 g/mol. The number of hydrogen-bond donors (Lipinski definition) is 8. The normalized spacial score (nSPS) is 23.3. The van der Waals surface area contributed by atoms with Crippen LogP contribution < -0.4 is 26.6 Å². The van der Waals surface area contributed by atoms with E-state index in [0.717, 1.165) is 0 Å².